The number of rotatable bonds is 8. The summed E-state index contributed by atoms with van der Waals surface area (Å²) < 4.78 is 18.5. The van der Waals surface area contributed by atoms with Crippen molar-refractivity contribution in [3.63, 3.8) is 0 Å². The molecule has 0 bridgehead atoms. The molecule has 2 heterocycles. The first-order chi connectivity index (χ1) is 13.5. The van der Waals surface area contributed by atoms with Crippen molar-refractivity contribution in [1.82, 2.24) is 4.57 Å². The van der Waals surface area contributed by atoms with Crippen LogP contribution in [0.1, 0.15) is 60.6 Å². The normalized spacial score (nSPS) is 20.9. The van der Waals surface area contributed by atoms with Gasteiger partial charge in [0.15, 0.2) is 11.2 Å². The van der Waals surface area contributed by atoms with Gasteiger partial charge < -0.3 is 23.9 Å². The van der Waals surface area contributed by atoms with E-state index >= 15 is 0 Å². The molecule has 28 heavy (non-hydrogen) atoms. The van der Waals surface area contributed by atoms with E-state index in [0.717, 1.165) is 36.5 Å². The number of aromatic carboxylic acids is 1. The third kappa shape index (κ3) is 3.85. The summed E-state index contributed by atoms with van der Waals surface area (Å²) in [5.41, 5.74) is 1.39. The Bertz CT molecular complexity index is 866. The number of hydrogen-bond acceptors (Lipinski definition) is 5. The van der Waals surface area contributed by atoms with Crippen LogP contribution in [0.4, 0.5) is 0 Å². The number of carboxylic acid groups (broad SMARTS) is 1. The average molecular weight is 389 g/mol. The molecule has 0 spiro atoms. The largest absolute Gasteiger partial charge is 0.497 e. The van der Waals surface area contributed by atoms with Crippen LogP contribution in [0, 0.1) is 0 Å². The van der Waals surface area contributed by atoms with Gasteiger partial charge in [-0.25, -0.2) is 4.79 Å². The fraction of sp³-hybridized carbons (Fsp3) is 0.524. The fourth-order valence-electron chi connectivity index (χ4n) is 3.99. The van der Waals surface area contributed by atoms with Gasteiger partial charge in [-0.05, 0) is 18.9 Å². The Balaban J connectivity index is 1.96. The van der Waals surface area contributed by atoms with Crippen LogP contribution in [-0.4, -0.2) is 43.1 Å². The van der Waals surface area contributed by atoms with E-state index < -0.39 is 11.4 Å². The molecule has 1 aliphatic heterocycles. The van der Waals surface area contributed by atoms with Crippen LogP contribution in [0.5, 0.6) is 0 Å². The van der Waals surface area contributed by atoms with Crippen molar-refractivity contribution in [1.29, 1.82) is 0 Å². The highest BCUT2D eigenvalue weighted by molar-refractivity contribution is 5.87. The summed E-state index contributed by atoms with van der Waals surface area (Å²) in [5, 5.41) is 9.32. The number of allylic oxidation sites excluding steroid dienone is 3. The van der Waals surface area contributed by atoms with Gasteiger partial charge in [0.05, 0.1) is 13.7 Å². The standard InChI is InChI=1S/C21H27NO6/c1-4-14-8-13-9-20(28-7-5-6-26-2)19(27-3)10-15(13)17-11-18(23)16(21(24)25)12-22(14)17/h9,11-12,14-15H,4-8,10H2,1-3H3,(H,24,25). The van der Waals surface area contributed by atoms with Crippen LogP contribution in [0.3, 0.4) is 0 Å². The van der Waals surface area contributed by atoms with Gasteiger partial charge in [0.1, 0.15) is 11.3 Å². The van der Waals surface area contributed by atoms with Gasteiger partial charge in [-0.15, -0.1) is 0 Å². The maximum Gasteiger partial charge on any atom is 0.341 e. The molecule has 2 unspecified atom stereocenters. The lowest BCUT2D eigenvalue weighted by Gasteiger charge is -2.38. The Morgan fingerprint density at radius 2 is 2.07 bits per heavy atom. The number of methoxy groups -OCH3 is 2. The molecule has 0 aromatic carbocycles. The summed E-state index contributed by atoms with van der Waals surface area (Å²) in [6, 6.07) is 1.58. The molecule has 0 saturated heterocycles. The van der Waals surface area contributed by atoms with Crippen LogP contribution >= 0.6 is 0 Å². The van der Waals surface area contributed by atoms with Gasteiger partial charge in [-0.3, -0.25) is 4.79 Å². The number of carbonyl (C=O) groups is 1. The number of carboxylic acids is 1. The fourth-order valence-corrected chi connectivity index (χ4v) is 3.99. The first-order valence-electron chi connectivity index (χ1n) is 9.58. The monoisotopic (exact) mass is 389 g/mol. The minimum atomic E-state index is -1.19. The third-order valence-electron chi connectivity index (χ3n) is 5.46. The van der Waals surface area contributed by atoms with E-state index in [0.29, 0.717) is 19.6 Å². The van der Waals surface area contributed by atoms with E-state index in [4.69, 9.17) is 14.2 Å². The Hall–Kier alpha value is -2.54. The van der Waals surface area contributed by atoms with Gasteiger partial charge in [-0.2, -0.15) is 0 Å². The molecule has 0 radical (unpaired) electrons. The molecule has 1 aromatic heterocycles. The molecule has 1 aliphatic carbocycles. The lowest BCUT2D eigenvalue weighted by molar-refractivity contribution is 0.0694. The molecule has 152 valence electrons. The van der Waals surface area contributed by atoms with Crippen LogP contribution in [-0.2, 0) is 14.2 Å². The molecule has 1 aromatic rings. The van der Waals surface area contributed by atoms with E-state index in [-0.39, 0.29) is 17.5 Å². The van der Waals surface area contributed by atoms with Crippen LogP contribution in [0.25, 0.3) is 0 Å². The predicted molar refractivity (Wildman–Crippen MR) is 104 cm³/mol. The van der Waals surface area contributed by atoms with Crippen LogP contribution in [0.2, 0.25) is 0 Å². The maximum atomic E-state index is 12.3. The molecule has 0 fully saturated rings. The van der Waals surface area contributed by atoms with Gasteiger partial charge in [0, 0.05) is 56.5 Å². The average Bonchev–Trinajstić information content (AvgIpc) is 2.69. The summed E-state index contributed by atoms with van der Waals surface area (Å²) in [4.78, 5) is 23.7. The van der Waals surface area contributed by atoms with Gasteiger partial charge in [0.25, 0.3) is 0 Å². The second-order valence-corrected chi connectivity index (χ2v) is 7.12. The minimum Gasteiger partial charge on any atom is -0.497 e. The lowest BCUT2D eigenvalue weighted by atomic mass is 9.79. The van der Waals surface area contributed by atoms with E-state index in [1.807, 2.05) is 10.6 Å². The van der Waals surface area contributed by atoms with Crippen molar-refractivity contribution in [2.24, 2.45) is 0 Å². The van der Waals surface area contributed by atoms with Crippen LogP contribution in [0.15, 0.2) is 40.2 Å². The summed E-state index contributed by atoms with van der Waals surface area (Å²) >= 11 is 0. The summed E-state index contributed by atoms with van der Waals surface area (Å²) in [6.07, 6.45) is 6.53. The molecule has 7 nitrogen and oxygen atoms in total. The Labute approximate surface area is 164 Å². The van der Waals surface area contributed by atoms with Crippen LogP contribution < -0.4 is 5.43 Å². The number of hydrogen-bond donors (Lipinski definition) is 1. The zero-order chi connectivity index (χ0) is 20.3. The van der Waals surface area contributed by atoms with Crippen molar-refractivity contribution >= 4 is 5.97 Å². The topological polar surface area (TPSA) is 87.0 Å². The third-order valence-corrected chi connectivity index (χ3v) is 5.46. The molecule has 0 amide bonds. The Morgan fingerprint density at radius 3 is 2.71 bits per heavy atom. The zero-order valence-electron chi connectivity index (χ0n) is 16.6. The lowest BCUT2D eigenvalue weighted by Crippen LogP contribution is -2.30. The molecular formula is C21H27NO6. The predicted octanol–water partition coefficient (Wildman–Crippen LogP) is 3.23. The number of nitrogens with zero attached hydrogens (tertiary/aromatic N) is 1. The van der Waals surface area contributed by atoms with Crippen molar-refractivity contribution < 1.29 is 24.1 Å². The molecule has 1 N–H and O–H groups in total. The van der Waals surface area contributed by atoms with Gasteiger partial charge in [0.2, 0.25) is 0 Å². The van der Waals surface area contributed by atoms with Crippen molar-refractivity contribution in [2.75, 3.05) is 27.4 Å². The van der Waals surface area contributed by atoms with E-state index in [1.54, 1.807) is 14.2 Å². The Morgan fingerprint density at radius 1 is 1.29 bits per heavy atom. The van der Waals surface area contributed by atoms with Crippen molar-refractivity contribution in [2.45, 2.75) is 44.6 Å². The van der Waals surface area contributed by atoms with Gasteiger partial charge in [-0.1, -0.05) is 12.5 Å². The van der Waals surface area contributed by atoms with E-state index in [9.17, 15) is 14.7 Å². The molecule has 2 atom stereocenters. The highest BCUT2D eigenvalue weighted by Gasteiger charge is 2.35. The molecule has 7 heteroatoms. The first kappa shape index (κ1) is 20.2. The molecular weight excluding hydrogens is 362 g/mol. The summed E-state index contributed by atoms with van der Waals surface area (Å²) in [7, 11) is 3.28. The second kappa shape index (κ2) is 8.65. The van der Waals surface area contributed by atoms with E-state index in [2.05, 4.69) is 6.92 Å². The number of ether oxygens (including phenoxy) is 3. The van der Waals surface area contributed by atoms with Gasteiger partial charge >= 0.3 is 5.97 Å². The highest BCUT2D eigenvalue weighted by atomic mass is 16.5. The van der Waals surface area contributed by atoms with Crippen molar-refractivity contribution in [3.05, 3.63) is 56.9 Å². The maximum absolute atomic E-state index is 12.3. The summed E-state index contributed by atoms with van der Waals surface area (Å²) in [5.74, 6) is 0.268. The minimum absolute atomic E-state index is 0.0142. The molecule has 3 rings (SSSR count). The molecule has 0 saturated carbocycles. The summed E-state index contributed by atoms with van der Waals surface area (Å²) in [6.45, 7) is 3.24. The number of aromatic nitrogens is 1. The Kier molecular flexibility index (Phi) is 6.24. The first-order valence-corrected chi connectivity index (χ1v) is 9.58. The highest BCUT2D eigenvalue weighted by Crippen LogP contribution is 2.45. The second-order valence-electron chi connectivity index (χ2n) is 7.12. The van der Waals surface area contributed by atoms with E-state index in [1.165, 1.54) is 17.8 Å². The SMILES string of the molecule is CCC1CC2=CC(OCCCOC)=C(OC)CC2c2cc(=O)c(C(=O)O)cn21. The number of pyridine rings is 1. The molecule has 2 aliphatic rings. The zero-order valence-corrected chi connectivity index (χ0v) is 16.6. The quantitative estimate of drug-likeness (QED) is 0.687. The number of fused-ring (bicyclic) bond motifs is 3. The van der Waals surface area contributed by atoms with Crippen molar-refractivity contribution in [3.8, 4) is 0 Å². The smallest absolute Gasteiger partial charge is 0.341 e.